The van der Waals surface area contributed by atoms with Crippen LogP contribution < -0.4 is 0 Å². The van der Waals surface area contributed by atoms with Crippen molar-refractivity contribution < 1.29 is 19.4 Å². The summed E-state index contributed by atoms with van der Waals surface area (Å²) in [6.07, 6.45) is 6.93. The zero-order valence-electron chi connectivity index (χ0n) is 11.3. The van der Waals surface area contributed by atoms with Crippen LogP contribution in [0.25, 0.3) is 0 Å². The number of carboxylic acid groups (broad SMARTS) is 1. The van der Waals surface area contributed by atoms with Gasteiger partial charge in [0.1, 0.15) is 12.9 Å². The molecule has 0 spiro atoms. The smallest absolute Gasteiger partial charge is 0.331 e. The molecule has 0 aromatic heterocycles. The Labute approximate surface area is 122 Å². The molecule has 0 saturated heterocycles. The zero-order valence-corrected chi connectivity index (χ0v) is 11.3. The van der Waals surface area contributed by atoms with E-state index < -0.39 is 5.97 Å². The lowest BCUT2D eigenvalue weighted by molar-refractivity contribution is -0.132. The molecule has 0 atom stereocenters. The van der Waals surface area contributed by atoms with Gasteiger partial charge in [0.05, 0.1) is 6.26 Å². The van der Waals surface area contributed by atoms with Crippen LogP contribution in [0.5, 0.6) is 0 Å². The van der Waals surface area contributed by atoms with Gasteiger partial charge in [0.25, 0.3) is 0 Å². The minimum atomic E-state index is -0.910. The van der Waals surface area contributed by atoms with Gasteiger partial charge in [0.15, 0.2) is 5.76 Å². The van der Waals surface area contributed by atoms with Crippen molar-refractivity contribution in [2.45, 2.75) is 13.0 Å². The number of ether oxygens (including phenoxy) is 2. The predicted molar refractivity (Wildman–Crippen MR) is 76.9 cm³/mol. The largest absolute Gasteiger partial charge is 0.485 e. The molecule has 3 rings (SSSR count). The summed E-state index contributed by atoms with van der Waals surface area (Å²) in [6, 6.07) is 9.83. The summed E-state index contributed by atoms with van der Waals surface area (Å²) in [5.41, 5.74) is 3.01. The van der Waals surface area contributed by atoms with Gasteiger partial charge < -0.3 is 14.6 Å². The number of carbonyl (C=O) groups is 1. The molecule has 0 fully saturated rings. The molecule has 1 aliphatic carbocycles. The van der Waals surface area contributed by atoms with Crippen molar-refractivity contribution in [3.63, 3.8) is 0 Å². The van der Waals surface area contributed by atoms with Crippen LogP contribution >= 0.6 is 0 Å². The molecule has 1 aromatic rings. The van der Waals surface area contributed by atoms with E-state index in [1.165, 1.54) is 12.5 Å². The third-order valence-corrected chi connectivity index (χ3v) is 3.31. The zero-order chi connectivity index (χ0) is 14.7. The average molecular weight is 282 g/mol. The maximum atomic E-state index is 11.0. The van der Waals surface area contributed by atoms with Gasteiger partial charge >= 0.3 is 5.97 Å². The van der Waals surface area contributed by atoms with E-state index in [2.05, 4.69) is 0 Å². The molecule has 0 saturated carbocycles. The second-order valence-electron chi connectivity index (χ2n) is 4.76. The van der Waals surface area contributed by atoms with Crippen LogP contribution in [0.15, 0.2) is 77.5 Å². The van der Waals surface area contributed by atoms with Crippen LogP contribution in [0.1, 0.15) is 12.0 Å². The molecule has 21 heavy (non-hydrogen) atoms. The second kappa shape index (κ2) is 5.71. The molecule has 0 bridgehead atoms. The van der Waals surface area contributed by atoms with Crippen molar-refractivity contribution in [2.75, 3.05) is 0 Å². The van der Waals surface area contributed by atoms with Crippen molar-refractivity contribution in [1.82, 2.24) is 0 Å². The standard InChI is InChI=1S/C17H14O4/c18-17(19)13-6-7-15-14(8-13)10-20-11-16(15)21-9-12-4-2-1-3-5-12/h1-5,7-8,10-11H,6,9H2,(H,18,19). The lowest BCUT2D eigenvalue weighted by Gasteiger charge is -2.21. The molecule has 1 heterocycles. The van der Waals surface area contributed by atoms with Gasteiger partial charge in [-0.1, -0.05) is 36.4 Å². The molecule has 1 aromatic carbocycles. The number of hydrogen-bond acceptors (Lipinski definition) is 3. The predicted octanol–water partition coefficient (Wildman–Crippen LogP) is 3.30. The van der Waals surface area contributed by atoms with Crippen molar-refractivity contribution >= 4 is 5.97 Å². The average Bonchev–Trinajstić information content (AvgIpc) is 2.53. The minimum absolute atomic E-state index is 0.345. The van der Waals surface area contributed by atoms with E-state index in [-0.39, 0.29) is 0 Å². The first kappa shape index (κ1) is 13.2. The highest BCUT2D eigenvalue weighted by Gasteiger charge is 2.22. The van der Waals surface area contributed by atoms with Gasteiger partial charge in [0.2, 0.25) is 0 Å². The van der Waals surface area contributed by atoms with Gasteiger partial charge in [-0.2, -0.15) is 0 Å². The fraction of sp³-hybridized carbons (Fsp3) is 0.118. The molecule has 4 nitrogen and oxygen atoms in total. The summed E-state index contributed by atoms with van der Waals surface area (Å²) < 4.78 is 11.0. The van der Waals surface area contributed by atoms with E-state index in [0.717, 1.165) is 16.7 Å². The number of benzene rings is 1. The highest BCUT2D eigenvalue weighted by molar-refractivity contribution is 5.88. The first-order valence-corrected chi connectivity index (χ1v) is 6.61. The Morgan fingerprint density at radius 3 is 2.81 bits per heavy atom. The molecule has 106 valence electrons. The summed E-state index contributed by atoms with van der Waals surface area (Å²) in [4.78, 5) is 11.0. The van der Waals surface area contributed by atoms with E-state index in [1.807, 2.05) is 36.4 Å². The summed E-state index contributed by atoms with van der Waals surface area (Å²) in [5, 5.41) is 9.04. The van der Waals surface area contributed by atoms with Crippen LogP contribution in [0.4, 0.5) is 0 Å². The molecule has 2 aliphatic rings. The fourth-order valence-electron chi connectivity index (χ4n) is 2.22. The van der Waals surface area contributed by atoms with Gasteiger partial charge in [-0.15, -0.1) is 0 Å². The minimum Gasteiger partial charge on any atom is -0.485 e. The van der Waals surface area contributed by atoms with E-state index in [1.54, 1.807) is 6.08 Å². The number of rotatable bonds is 4. The van der Waals surface area contributed by atoms with Crippen molar-refractivity contribution in [3.05, 3.63) is 83.0 Å². The first-order valence-electron chi connectivity index (χ1n) is 6.61. The van der Waals surface area contributed by atoms with Crippen LogP contribution in [0.3, 0.4) is 0 Å². The van der Waals surface area contributed by atoms with Gasteiger partial charge in [-0.3, -0.25) is 0 Å². The quantitative estimate of drug-likeness (QED) is 0.920. The molecule has 1 aliphatic heterocycles. The Morgan fingerprint density at radius 2 is 2.05 bits per heavy atom. The highest BCUT2D eigenvalue weighted by Crippen LogP contribution is 2.32. The Bertz CT molecular complexity index is 678. The van der Waals surface area contributed by atoms with E-state index in [4.69, 9.17) is 14.6 Å². The highest BCUT2D eigenvalue weighted by atomic mass is 16.5. The third kappa shape index (κ3) is 2.89. The van der Waals surface area contributed by atoms with Crippen molar-refractivity contribution in [1.29, 1.82) is 0 Å². The van der Waals surface area contributed by atoms with E-state index in [9.17, 15) is 4.79 Å². The van der Waals surface area contributed by atoms with Gasteiger partial charge in [-0.25, -0.2) is 4.79 Å². The lowest BCUT2D eigenvalue weighted by atomic mass is 9.93. The van der Waals surface area contributed by atoms with E-state index >= 15 is 0 Å². The number of allylic oxidation sites excluding steroid dienone is 3. The summed E-state index contributed by atoms with van der Waals surface area (Å²) in [6.45, 7) is 0.441. The third-order valence-electron chi connectivity index (χ3n) is 3.31. The monoisotopic (exact) mass is 282 g/mol. The Kier molecular flexibility index (Phi) is 3.60. The molecule has 1 N–H and O–H groups in total. The number of carboxylic acids is 1. The first-order chi connectivity index (χ1) is 10.2. The summed E-state index contributed by atoms with van der Waals surface area (Å²) in [5.74, 6) is -0.287. The fourth-order valence-corrected chi connectivity index (χ4v) is 2.22. The Hall–Kier alpha value is -2.75. The summed E-state index contributed by atoms with van der Waals surface area (Å²) in [7, 11) is 0. The molecule has 0 radical (unpaired) electrons. The van der Waals surface area contributed by atoms with Crippen LogP contribution in [-0.2, 0) is 20.9 Å². The van der Waals surface area contributed by atoms with Crippen molar-refractivity contribution in [3.8, 4) is 0 Å². The number of fused-ring (bicyclic) bond motifs is 1. The molecular weight excluding hydrogens is 268 g/mol. The van der Waals surface area contributed by atoms with Gasteiger partial charge in [-0.05, 0) is 18.1 Å². The van der Waals surface area contributed by atoms with Crippen LogP contribution in [-0.4, -0.2) is 11.1 Å². The number of hydrogen-bond donors (Lipinski definition) is 1. The Balaban J connectivity index is 1.72. The Morgan fingerprint density at radius 1 is 1.24 bits per heavy atom. The molecule has 0 amide bonds. The van der Waals surface area contributed by atoms with Gasteiger partial charge in [0, 0.05) is 16.7 Å². The van der Waals surface area contributed by atoms with E-state index in [0.29, 0.717) is 24.4 Å². The maximum Gasteiger partial charge on any atom is 0.331 e. The summed E-state index contributed by atoms with van der Waals surface area (Å²) >= 11 is 0. The van der Waals surface area contributed by atoms with Crippen LogP contribution in [0, 0.1) is 0 Å². The topological polar surface area (TPSA) is 55.8 Å². The van der Waals surface area contributed by atoms with Crippen molar-refractivity contribution in [2.24, 2.45) is 0 Å². The molecule has 4 heteroatoms. The number of aliphatic carboxylic acids is 1. The SMILES string of the molecule is O=C(O)C1=CC2=COC=C(OCc3ccccc3)C2=CC1. The molecule has 0 unspecified atom stereocenters. The normalized spacial score (nSPS) is 16.6. The maximum absolute atomic E-state index is 11.0. The second-order valence-corrected chi connectivity index (χ2v) is 4.76. The lowest BCUT2D eigenvalue weighted by Crippen LogP contribution is -2.10. The molecular formula is C17H14O4. The van der Waals surface area contributed by atoms with Crippen LogP contribution in [0.2, 0.25) is 0 Å².